The summed E-state index contributed by atoms with van der Waals surface area (Å²) in [5.74, 6) is 1.65. The summed E-state index contributed by atoms with van der Waals surface area (Å²) < 4.78 is 0. The molecule has 2 aliphatic rings. The van der Waals surface area contributed by atoms with E-state index in [1.54, 1.807) is 6.33 Å². The summed E-state index contributed by atoms with van der Waals surface area (Å²) >= 11 is 0. The molecule has 0 amide bonds. The number of anilines is 2. The first-order valence-electron chi connectivity index (χ1n) is 8.96. The van der Waals surface area contributed by atoms with Crippen molar-refractivity contribution in [2.24, 2.45) is 5.92 Å². The lowest BCUT2D eigenvalue weighted by atomic mass is 9.93. The summed E-state index contributed by atoms with van der Waals surface area (Å²) in [5.41, 5.74) is 2.23. The first kappa shape index (κ1) is 15.3. The molecule has 2 aliphatic heterocycles. The fourth-order valence-corrected chi connectivity index (χ4v) is 3.79. The maximum atomic E-state index is 4.48. The largest absolute Gasteiger partial charge is 0.369 e. The second-order valence-corrected chi connectivity index (χ2v) is 6.83. The van der Waals surface area contributed by atoms with Crippen molar-refractivity contribution in [1.82, 2.24) is 20.2 Å². The Bertz CT molecular complexity index is 638. The standard InChI is InChI=1S/C18H24N6/c1-2-8-23(7-1)18-6-5-16(21-22-18)10-15-4-3-9-24(13-15)17-11-19-14-20-12-17/h5-6,11-12,14-15H,1-4,7-10,13H2/t15-/m0/s1. The van der Waals surface area contributed by atoms with Crippen molar-refractivity contribution in [2.75, 3.05) is 36.0 Å². The lowest BCUT2D eigenvalue weighted by Gasteiger charge is -2.33. The summed E-state index contributed by atoms with van der Waals surface area (Å²) in [6, 6.07) is 4.30. The van der Waals surface area contributed by atoms with E-state index in [1.807, 2.05) is 12.4 Å². The predicted octanol–water partition coefficient (Wildman–Crippen LogP) is 2.33. The summed E-state index contributed by atoms with van der Waals surface area (Å²) in [6.45, 7) is 4.36. The van der Waals surface area contributed by atoms with Crippen molar-refractivity contribution < 1.29 is 0 Å². The fraction of sp³-hybridized carbons (Fsp3) is 0.556. The molecule has 0 spiro atoms. The highest BCUT2D eigenvalue weighted by Gasteiger charge is 2.21. The molecule has 0 saturated carbocycles. The second-order valence-electron chi connectivity index (χ2n) is 6.83. The van der Waals surface area contributed by atoms with E-state index in [-0.39, 0.29) is 0 Å². The molecule has 2 aromatic heterocycles. The zero-order valence-electron chi connectivity index (χ0n) is 14.0. The second kappa shape index (κ2) is 7.11. The van der Waals surface area contributed by atoms with Crippen molar-refractivity contribution in [1.29, 1.82) is 0 Å². The Kier molecular flexibility index (Phi) is 4.53. The van der Waals surface area contributed by atoms with Gasteiger partial charge in [-0.1, -0.05) is 0 Å². The average Bonchev–Trinajstić information content (AvgIpc) is 3.18. The Morgan fingerprint density at radius 1 is 0.917 bits per heavy atom. The minimum Gasteiger partial charge on any atom is -0.369 e. The highest BCUT2D eigenvalue weighted by Crippen LogP contribution is 2.24. The molecule has 0 aromatic carbocycles. The molecule has 126 valence electrons. The van der Waals surface area contributed by atoms with Crippen molar-refractivity contribution in [3.8, 4) is 0 Å². The van der Waals surface area contributed by atoms with Gasteiger partial charge in [-0.15, -0.1) is 5.10 Å². The zero-order chi connectivity index (χ0) is 16.2. The number of nitrogens with zero attached hydrogens (tertiary/aromatic N) is 6. The van der Waals surface area contributed by atoms with Crippen LogP contribution in [0.5, 0.6) is 0 Å². The van der Waals surface area contributed by atoms with Gasteiger partial charge in [-0.25, -0.2) is 9.97 Å². The number of hydrogen-bond donors (Lipinski definition) is 0. The van der Waals surface area contributed by atoms with Crippen LogP contribution in [0.25, 0.3) is 0 Å². The van der Waals surface area contributed by atoms with Gasteiger partial charge in [0.1, 0.15) is 6.33 Å². The molecule has 2 fully saturated rings. The van der Waals surface area contributed by atoms with Gasteiger partial charge in [0.2, 0.25) is 0 Å². The Morgan fingerprint density at radius 3 is 2.46 bits per heavy atom. The number of piperidine rings is 1. The third-order valence-electron chi connectivity index (χ3n) is 5.06. The zero-order valence-corrected chi connectivity index (χ0v) is 14.0. The van der Waals surface area contributed by atoms with E-state index >= 15 is 0 Å². The molecular formula is C18H24N6. The Labute approximate surface area is 142 Å². The molecule has 4 heterocycles. The quantitative estimate of drug-likeness (QED) is 0.860. The minimum absolute atomic E-state index is 0.617. The fourth-order valence-electron chi connectivity index (χ4n) is 3.79. The van der Waals surface area contributed by atoms with E-state index in [0.29, 0.717) is 5.92 Å². The smallest absolute Gasteiger partial charge is 0.151 e. The summed E-state index contributed by atoms with van der Waals surface area (Å²) in [7, 11) is 0. The van der Waals surface area contributed by atoms with Gasteiger partial charge >= 0.3 is 0 Å². The van der Waals surface area contributed by atoms with Gasteiger partial charge in [0.15, 0.2) is 5.82 Å². The van der Waals surface area contributed by atoms with E-state index in [9.17, 15) is 0 Å². The topological polar surface area (TPSA) is 58.0 Å². The normalized spacial score (nSPS) is 21.2. The van der Waals surface area contributed by atoms with Crippen molar-refractivity contribution in [2.45, 2.75) is 32.1 Å². The van der Waals surface area contributed by atoms with Gasteiger partial charge in [0.05, 0.1) is 23.8 Å². The Hall–Kier alpha value is -2.24. The first-order chi connectivity index (χ1) is 11.9. The van der Waals surface area contributed by atoms with Crippen LogP contribution in [-0.4, -0.2) is 46.3 Å². The molecule has 0 N–H and O–H groups in total. The molecule has 2 aromatic rings. The van der Waals surface area contributed by atoms with Crippen molar-refractivity contribution in [3.05, 3.63) is 36.5 Å². The van der Waals surface area contributed by atoms with Gasteiger partial charge in [-0.05, 0) is 50.2 Å². The van der Waals surface area contributed by atoms with Crippen LogP contribution in [0.4, 0.5) is 11.5 Å². The van der Waals surface area contributed by atoms with E-state index in [1.165, 1.54) is 25.7 Å². The van der Waals surface area contributed by atoms with Crippen LogP contribution in [0.2, 0.25) is 0 Å². The first-order valence-corrected chi connectivity index (χ1v) is 8.96. The molecular weight excluding hydrogens is 300 g/mol. The van der Waals surface area contributed by atoms with Gasteiger partial charge in [0.25, 0.3) is 0 Å². The van der Waals surface area contributed by atoms with Crippen LogP contribution in [-0.2, 0) is 6.42 Å². The van der Waals surface area contributed by atoms with E-state index in [4.69, 9.17) is 0 Å². The molecule has 0 radical (unpaired) electrons. The van der Waals surface area contributed by atoms with Crippen LogP contribution in [0, 0.1) is 5.92 Å². The molecule has 1 atom stereocenters. The minimum atomic E-state index is 0.617. The molecule has 6 heteroatoms. The van der Waals surface area contributed by atoms with Crippen LogP contribution in [0.15, 0.2) is 30.9 Å². The third-order valence-corrected chi connectivity index (χ3v) is 5.06. The summed E-state index contributed by atoms with van der Waals surface area (Å²) in [5, 5.41) is 8.93. The predicted molar refractivity (Wildman–Crippen MR) is 94.2 cm³/mol. The van der Waals surface area contributed by atoms with Gasteiger partial charge in [-0.3, -0.25) is 0 Å². The molecule has 24 heavy (non-hydrogen) atoms. The summed E-state index contributed by atoms with van der Waals surface area (Å²) in [6.07, 6.45) is 11.4. The number of hydrogen-bond acceptors (Lipinski definition) is 6. The lowest BCUT2D eigenvalue weighted by molar-refractivity contribution is 0.408. The van der Waals surface area contributed by atoms with E-state index in [2.05, 4.69) is 42.1 Å². The van der Waals surface area contributed by atoms with E-state index in [0.717, 1.165) is 49.8 Å². The highest BCUT2D eigenvalue weighted by molar-refractivity contribution is 5.42. The van der Waals surface area contributed by atoms with Crippen molar-refractivity contribution in [3.63, 3.8) is 0 Å². The van der Waals surface area contributed by atoms with Gasteiger partial charge in [0, 0.05) is 26.2 Å². The van der Waals surface area contributed by atoms with Crippen LogP contribution < -0.4 is 9.80 Å². The molecule has 4 rings (SSSR count). The molecule has 0 unspecified atom stereocenters. The van der Waals surface area contributed by atoms with Crippen LogP contribution >= 0.6 is 0 Å². The molecule has 6 nitrogen and oxygen atoms in total. The third kappa shape index (κ3) is 3.47. The molecule has 2 saturated heterocycles. The van der Waals surface area contributed by atoms with Gasteiger partial charge < -0.3 is 9.80 Å². The lowest BCUT2D eigenvalue weighted by Crippen LogP contribution is -2.36. The monoisotopic (exact) mass is 324 g/mol. The molecule has 0 aliphatic carbocycles. The summed E-state index contributed by atoms with van der Waals surface area (Å²) in [4.78, 5) is 13.0. The SMILES string of the molecule is c1ncc(N2CCC[C@@H](Cc3ccc(N4CCCC4)nn3)C2)cn1. The maximum absolute atomic E-state index is 4.48. The van der Waals surface area contributed by atoms with E-state index < -0.39 is 0 Å². The molecule has 0 bridgehead atoms. The average molecular weight is 324 g/mol. The van der Waals surface area contributed by atoms with Gasteiger partial charge in [-0.2, -0.15) is 5.10 Å². The Morgan fingerprint density at radius 2 is 1.71 bits per heavy atom. The van der Waals surface area contributed by atoms with Crippen LogP contribution in [0.3, 0.4) is 0 Å². The van der Waals surface area contributed by atoms with Crippen LogP contribution in [0.1, 0.15) is 31.4 Å². The number of aromatic nitrogens is 4. The van der Waals surface area contributed by atoms with Crippen molar-refractivity contribution >= 4 is 11.5 Å². The highest BCUT2D eigenvalue weighted by atomic mass is 15.3. The maximum Gasteiger partial charge on any atom is 0.151 e. The Balaban J connectivity index is 1.37. The number of rotatable bonds is 4.